The summed E-state index contributed by atoms with van der Waals surface area (Å²) in [6, 6.07) is 9.85. The number of pyridine rings is 1. The molecule has 4 nitrogen and oxygen atoms in total. The number of hydrogen-bond acceptors (Lipinski definition) is 4. The predicted octanol–water partition coefficient (Wildman–Crippen LogP) is 4.28. The number of rotatable bonds is 4. The minimum absolute atomic E-state index is 0.687. The average molecular weight is 343 g/mol. The lowest BCUT2D eigenvalue weighted by molar-refractivity contribution is 0.966. The fourth-order valence-corrected chi connectivity index (χ4v) is 2.61. The van der Waals surface area contributed by atoms with Crippen LogP contribution in [-0.4, -0.2) is 21.5 Å². The first kappa shape index (κ1) is 13.9. The van der Waals surface area contributed by atoms with Gasteiger partial charge in [-0.1, -0.05) is 28.9 Å². The summed E-state index contributed by atoms with van der Waals surface area (Å²) in [5.74, 6) is 1.53. The molecule has 0 aliphatic heterocycles. The molecule has 1 aromatic carbocycles. The summed E-state index contributed by atoms with van der Waals surface area (Å²) < 4.78 is 1.02. The summed E-state index contributed by atoms with van der Waals surface area (Å²) in [7, 11) is 0. The third-order valence-corrected chi connectivity index (χ3v) is 3.86. The molecule has 1 N–H and O–H groups in total. The van der Waals surface area contributed by atoms with E-state index in [4.69, 9.17) is 0 Å². The highest BCUT2D eigenvalue weighted by atomic mass is 79.9. The van der Waals surface area contributed by atoms with E-state index in [2.05, 4.69) is 43.1 Å². The van der Waals surface area contributed by atoms with Crippen LogP contribution in [0.2, 0.25) is 0 Å². The second-order valence-corrected chi connectivity index (χ2v) is 5.54. The largest absolute Gasteiger partial charge is 0.370 e. The van der Waals surface area contributed by atoms with Crippen LogP contribution in [0.4, 0.5) is 5.82 Å². The van der Waals surface area contributed by atoms with Gasteiger partial charge in [-0.05, 0) is 30.7 Å². The first-order valence-corrected chi connectivity index (χ1v) is 7.69. The smallest absolute Gasteiger partial charge is 0.163 e. The van der Waals surface area contributed by atoms with Crippen LogP contribution in [0.1, 0.15) is 13.3 Å². The number of nitrogens with zero attached hydrogens (tertiary/aromatic N) is 3. The van der Waals surface area contributed by atoms with Gasteiger partial charge >= 0.3 is 0 Å². The molecule has 2 aromatic heterocycles. The Morgan fingerprint density at radius 3 is 2.86 bits per heavy atom. The van der Waals surface area contributed by atoms with Crippen molar-refractivity contribution in [2.45, 2.75) is 13.3 Å². The third-order valence-electron chi connectivity index (χ3n) is 3.17. The van der Waals surface area contributed by atoms with Gasteiger partial charge in [0.25, 0.3) is 0 Å². The van der Waals surface area contributed by atoms with Crippen molar-refractivity contribution in [3.8, 4) is 11.4 Å². The fraction of sp³-hybridized carbons (Fsp3) is 0.188. The van der Waals surface area contributed by atoms with Gasteiger partial charge in [0.05, 0.1) is 5.52 Å². The van der Waals surface area contributed by atoms with Crippen molar-refractivity contribution in [2.24, 2.45) is 0 Å². The highest BCUT2D eigenvalue weighted by Gasteiger charge is 2.10. The fourth-order valence-electron chi connectivity index (χ4n) is 2.16. The zero-order chi connectivity index (χ0) is 14.7. The standard InChI is InChI=1S/C16H15BrN4/c1-2-8-18-14-7-10-20-16(21-14)12-5-6-13(17)11-4-3-9-19-15(11)12/h3-7,9-10H,2,8H2,1H3,(H,18,20,21). The van der Waals surface area contributed by atoms with Gasteiger partial charge in [0.2, 0.25) is 0 Å². The van der Waals surface area contributed by atoms with Crippen LogP contribution in [0.5, 0.6) is 0 Å². The van der Waals surface area contributed by atoms with Gasteiger partial charge in [0.15, 0.2) is 5.82 Å². The Labute approximate surface area is 131 Å². The Bertz CT molecular complexity index is 773. The molecule has 0 aliphatic rings. The van der Waals surface area contributed by atoms with Crippen LogP contribution in [-0.2, 0) is 0 Å². The van der Waals surface area contributed by atoms with Crippen LogP contribution in [0.25, 0.3) is 22.3 Å². The van der Waals surface area contributed by atoms with E-state index in [9.17, 15) is 0 Å². The van der Waals surface area contributed by atoms with Crippen LogP contribution in [0.15, 0.2) is 47.2 Å². The lowest BCUT2D eigenvalue weighted by Crippen LogP contribution is -2.03. The quantitative estimate of drug-likeness (QED) is 0.768. The summed E-state index contributed by atoms with van der Waals surface area (Å²) >= 11 is 3.56. The van der Waals surface area contributed by atoms with E-state index in [0.29, 0.717) is 5.82 Å². The molecule has 3 rings (SSSR count). The Kier molecular flexibility index (Phi) is 4.10. The zero-order valence-electron chi connectivity index (χ0n) is 11.7. The van der Waals surface area contributed by atoms with E-state index in [0.717, 1.165) is 39.7 Å². The van der Waals surface area contributed by atoms with Crippen molar-refractivity contribution in [3.63, 3.8) is 0 Å². The monoisotopic (exact) mass is 342 g/mol. The predicted molar refractivity (Wildman–Crippen MR) is 89.2 cm³/mol. The van der Waals surface area contributed by atoms with E-state index in [1.165, 1.54) is 0 Å². The van der Waals surface area contributed by atoms with Gasteiger partial charge in [-0.25, -0.2) is 9.97 Å². The lowest BCUT2D eigenvalue weighted by Gasteiger charge is -2.08. The summed E-state index contributed by atoms with van der Waals surface area (Å²) in [6.07, 6.45) is 4.62. The highest BCUT2D eigenvalue weighted by molar-refractivity contribution is 9.10. The summed E-state index contributed by atoms with van der Waals surface area (Å²) in [4.78, 5) is 13.5. The van der Waals surface area contributed by atoms with Gasteiger partial charge in [0.1, 0.15) is 5.82 Å². The third kappa shape index (κ3) is 2.88. The molecule has 2 heterocycles. The van der Waals surface area contributed by atoms with E-state index >= 15 is 0 Å². The average Bonchev–Trinajstić information content (AvgIpc) is 2.54. The number of halogens is 1. The van der Waals surface area contributed by atoms with Gasteiger partial charge in [-0.15, -0.1) is 0 Å². The second-order valence-electron chi connectivity index (χ2n) is 4.69. The van der Waals surface area contributed by atoms with Crippen LogP contribution in [0.3, 0.4) is 0 Å². The molecule has 5 heteroatoms. The number of hydrogen-bond donors (Lipinski definition) is 1. The maximum absolute atomic E-state index is 4.58. The number of benzene rings is 1. The molecule has 0 radical (unpaired) electrons. The molecule has 3 aromatic rings. The molecular weight excluding hydrogens is 328 g/mol. The van der Waals surface area contributed by atoms with Gasteiger partial charge in [0, 0.05) is 34.4 Å². The second kappa shape index (κ2) is 6.18. The number of nitrogens with one attached hydrogen (secondary N) is 1. The number of aromatic nitrogens is 3. The van der Waals surface area contributed by atoms with Gasteiger partial charge in [-0.2, -0.15) is 0 Å². The topological polar surface area (TPSA) is 50.7 Å². The summed E-state index contributed by atoms with van der Waals surface area (Å²) in [6.45, 7) is 3.02. The van der Waals surface area contributed by atoms with Crippen LogP contribution >= 0.6 is 15.9 Å². The highest BCUT2D eigenvalue weighted by Crippen LogP contribution is 2.30. The van der Waals surface area contributed by atoms with Crippen molar-refractivity contribution < 1.29 is 0 Å². The minimum atomic E-state index is 0.687. The van der Waals surface area contributed by atoms with Crippen molar-refractivity contribution in [1.82, 2.24) is 15.0 Å². The van der Waals surface area contributed by atoms with E-state index in [1.54, 1.807) is 12.4 Å². The molecule has 0 amide bonds. The van der Waals surface area contributed by atoms with E-state index in [1.807, 2.05) is 30.3 Å². The molecule has 0 saturated heterocycles. The molecule has 0 bridgehead atoms. The molecule has 0 saturated carbocycles. The molecule has 0 fully saturated rings. The Morgan fingerprint density at radius 1 is 1.10 bits per heavy atom. The minimum Gasteiger partial charge on any atom is -0.370 e. The first-order chi connectivity index (χ1) is 10.3. The summed E-state index contributed by atoms with van der Waals surface area (Å²) in [5, 5.41) is 4.34. The Morgan fingerprint density at radius 2 is 2.00 bits per heavy atom. The lowest BCUT2D eigenvalue weighted by atomic mass is 10.1. The molecule has 0 atom stereocenters. The Balaban J connectivity index is 2.10. The van der Waals surface area contributed by atoms with Gasteiger partial charge < -0.3 is 5.32 Å². The summed E-state index contributed by atoms with van der Waals surface area (Å²) in [5.41, 5.74) is 1.84. The molecule has 0 unspecified atom stereocenters. The van der Waals surface area contributed by atoms with E-state index in [-0.39, 0.29) is 0 Å². The molecule has 106 valence electrons. The van der Waals surface area contributed by atoms with Crippen LogP contribution in [0, 0.1) is 0 Å². The molecule has 0 aliphatic carbocycles. The molecular formula is C16H15BrN4. The van der Waals surface area contributed by atoms with E-state index < -0.39 is 0 Å². The first-order valence-electron chi connectivity index (χ1n) is 6.90. The van der Waals surface area contributed by atoms with Crippen molar-refractivity contribution in [2.75, 3.05) is 11.9 Å². The van der Waals surface area contributed by atoms with Crippen molar-refractivity contribution >= 4 is 32.7 Å². The van der Waals surface area contributed by atoms with Crippen molar-refractivity contribution in [3.05, 3.63) is 47.2 Å². The maximum atomic E-state index is 4.58. The SMILES string of the molecule is CCCNc1ccnc(-c2ccc(Br)c3cccnc23)n1. The molecule has 21 heavy (non-hydrogen) atoms. The molecule has 0 spiro atoms. The normalized spacial score (nSPS) is 10.8. The van der Waals surface area contributed by atoms with Crippen LogP contribution < -0.4 is 5.32 Å². The number of fused-ring (bicyclic) bond motifs is 1. The maximum Gasteiger partial charge on any atom is 0.163 e. The Hall–Kier alpha value is -2.01. The van der Waals surface area contributed by atoms with Gasteiger partial charge in [-0.3, -0.25) is 4.98 Å². The zero-order valence-corrected chi connectivity index (χ0v) is 13.3. The number of anilines is 1. The van der Waals surface area contributed by atoms with Crippen molar-refractivity contribution in [1.29, 1.82) is 0 Å².